The maximum atomic E-state index is 11.7. The molecule has 1 unspecified atom stereocenters. The average Bonchev–Trinajstić information content (AvgIpc) is 2.71. The monoisotopic (exact) mass is 228 g/mol. The van der Waals surface area contributed by atoms with E-state index in [4.69, 9.17) is 5.26 Å². The fourth-order valence-electron chi connectivity index (χ4n) is 1.92. The fourth-order valence-corrected chi connectivity index (χ4v) is 1.92. The lowest BCUT2D eigenvalue weighted by Crippen LogP contribution is -2.24. The van der Waals surface area contributed by atoms with Crippen molar-refractivity contribution in [2.45, 2.75) is 13.3 Å². The van der Waals surface area contributed by atoms with Gasteiger partial charge in [0.1, 0.15) is 0 Å². The lowest BCUT2D eigenvalue weighted by Gasteiger charge is -2.15. The maximum absolute atomic E-state index is 11.7. The van der Waals surface area contributed by atoms with E-state index in [0.717, 1.165) is 5.69 Å². The molecule has 1 amide bonds. The van der Waals surface area contributed by atoms with Crippen molar-refractivity contribution in [2.75, 3.05) is 11.4 Å². The second-order valence-corrected chi connectivity index (χ2v) is 4.14. The number of anilines is 1. The van der Waals surface area contributed by atoms with E-state index in [0.29, 0.717) is 12.1 Å². The van der Waals surface area contributed by atoms with Crippen LogP contribution in [-0.2, 0) is 4.79 Å². The van der Waals surface area contributed by atoms with Crippen LogP contribution >= 0.6 is 0 Å². The molecular formula is C13H12N2O2. The number of ketones is 1. The quantitative estimate of drug-likeness (QED) is 0.725. The first kappa shape index (κ1) is 11.3. The molecule has 86 valence electrons. The Kier molecular flexibility index (Phi) is 2.92. The highest BCUT2D eigenvalue weighted by Gasteiger charge is 2.30. The molecule has 2 rings (SSSR count). The second-order valence-electron chi connectivity index (χ2n) is 4.14. The zero-order valence-corrected chi connectivity index (χ0v) is 9.51. The molecule has 1 aliphatic rings. The smallest absolute Gasteiger partial charge is 0.228 e. The Balaban J connectivity index is 2.21. The Morgan fingerprint density at radius 3 is 2.53 bits per heavy atom. The van der Waals surface area contributed by atoms with Gasteiger partial charge >= 0.3 is 0 Å². The third-order valence-electron chi connectivity index (χ3n) is 2.89. The minimum absolute atomic E-state index is 0.000741. The standard InChI is InChI=1S/C13H12N2O2/c1-9(16)11-2-4-12(5-3-11)15-8-10(7-14)6-13(15)17/h2-5,10H,6,8H2,1H3. The Bertz CT molecular complexity index is 499. The van der Waals surface area contributed by atoms with Gasteiger partial charge in [-0.25, -0.2) is 0 Å². The Hall–Kier alpha value is -2.15. The van der Waals surface area contributed by atoms with Crippen molar-refractivity contribution in [2.24, 2.45) is 5.92 Å². The van der Waals surface area contributed by atoms with E-state index < -0.39 is 0 Å². The topological polar surface area (TPSA) is 61.2 Å². The minimum Gasteiger partial charge on any atom is -0.311 e. The molecule has 1 fully saturated rings. The average molecular weight is 228 g/mol. The van der Waals surface area contributed by atoms with Crippen LogP contribution in [0.1, 0.15) is 23.7 Å². The largest absolute Gasteiger partial charge is 0.311 e. The van der Waals surface area contributed by atoms with Gasteiger partial charge < -0.3 is 4.90 Å². The highest BCUT2D eigenvalue weighted by atomic mass is 16.2. The minimum atomic E-state index is -0.227. The molecule has 0 aromatic heterocycles. The van der Waals surface area contributed by atoms with Gasteiger partial charge in [-0.2, -0.15) is 5.26 Å². The van der Waals surface area contributed by atoms with Crippen molar-refractivity contribution in [1.82, 2.24) is 0 Å². The molecule has 0 N–H and O–H groups in total. The van der Waals surface area contributed by atoms with E-state index in [1.807, 2.05) is 0 Å². The molecule has 17 heavy (non-hydrogen) atoms. The maximum Gasteiger partial charge on any atom is 0.228 e. The van der Waals surface area contributed by atoms with Crippen molar-refractivity contribution in [1.29, 1.82) is 5.26 Å². The lowest BCUT2D eigenvalue weighted by atomic mass is 10.1. The Morgan fingerprint density at radius 1 is 1.41 bits per heavy atom. The summed E-state index contributed by atoms with van der Waals surface area (Å²) < 4.78 is 0. The number of carbonyl (C=O) groups is 2. The van der Waals surface area contributed by atoms with Crippen molar-refractivity contribution in [3.63, 3.8) is 0 Å². The number of nitrogens with zero attached hydrogens (tertiary/aromatic N) is 2. The van der Waals surface area contributed by atoms with Crippen LogP contribution in [-0.4, -0.2) is 18.2 Å². The van der Waals surface area contributed by atoms with Gasteiger partial charge in [0.25, 0.3) is 0 Å². The van der Waals surface area contributed by atoms with Crippen LogP contribution in [0.4, 0.5) is 5.69 Å². The van der Waals surface area contributed by atoms with Gasteiger partial charge in [0.15, 0.2) is 5.78 Å². The summed E-state index contributed by atoms with van der Waals surface area (Å²) in [4.78, 5) is 24.4. The number of hydrogen-bond donors (Lipinski definition) is 0. The molecule has 1 aliphatic heterocycles. The zero-order chi connectivity index (χ0) is 12.4. The summed E-state index contributed by atoms with van der Waals surface area (Å²) in [5, 5.41) is 8.79. The predicted molar refractivity (Wildman–Crippen MR) is 62.5 cm³/mol. The molecule has 0 bridgehead atoms. The molecule has 0 radical (unpaired) electrons. The van der Waals surface area contributed by atoms with Crippen molar-refractivity contribution in [3.8, 4) is 6.07 Å². The van der Waals surface area contributed by atoms with Gasteiger partial charge in [-0.15, -0.1) is 0 Å². The number of carbonyl (C=O) groups excluding carboxylic acids is 2. The molecule has 0 saturated carbocycles. The number of hydrogen-bond acceptors (Lipinski definition) is 3. The van der Waals surface area contributed by atoms with Crippen molar-refractivity contribution in [3.05, 3.63) is 29.8 Å². The summed E-state index contributed by atoms with van der Waals surface area (Å²) in [6, 6.07) is 8.99. The molecule has 1 atom stereocenters. The van der Waals surface area contributed by atoms with Gasteiger partial charge in [-0.05, 0) is 31.2 Å². The summed E-state index contributed by atoms with van der Waals surface area (Å²) in [7, 11) is 0. The van der Waals surface area contributed by atoms with Crippen molar-refractivity contribution >= 4 is 17.4 Å². The first-order valence-corrected chi connectivity index (χ1v) is 5.43. The number of nitriles is 1. The molecule has 1 saturated heterocycles. The summed E-state index contributed by atoms with van der Waals surface area (Å²) >= 11 is 0. The molecule has 1 heterocycles. The Labute approximate surface area is 99.5 Å². The second kappa shape index (κ2) is 4.38. The summed E-state index contributed by atoms with van der Waals surface area (Å²) in [6.45, 7) is 1.94. The van der Waals surface area contributed by atoms with E-state index in [1.54, 1.807) is 29.2 Å². The molecule has 1 aromatic rings. The third-order valence-corrected chi connectivity index (χ3v) is 2.89. The van der Waals surface area contributed by atoms with E-state index in [2.05, 4.69) is 6.07 Å². The highest BCUT2D eigenvalue weighted by Crippen LogP contribution is 2.24. The SMILES string of the molecule is CC(=O)c1ccc(N2CC(C#N)CC2=O)cc1. The van der Waals surface area contributed by atoms with Crippen molar-refractivity contribution < 1.29 is 9.59 Å². The van der Waals surface area contributed by atoms with Crippen LogP contribution in [0.3, 0.4) is 0 Å². The third kappa shape index (κ3) is 2.18. The first-order chi connectivity index (χ1) is 8.11. The summed E-state index contributed by atoms with van der Waals surface area (Å²) in [5.41, 5.74) is 1.37. The van der Waals surface area contributed by atoms with Gasteiger partial charge in [-0.3, -0.25) is 9.59 Å². The van der Waals surface area contributed by atoms with Crippen LogP contribution in [0.2, 0.25) is 0 Å². The molecule has 0 aliphatic carbocycles. The van der Waals surface area contributed by atoms with E-state index in [-0.39, 0.29) is 24.0 Å². The molecule has 4 nitrogen and oxygen atoms in total. The van der Waals surface area contributed by atoms with Crippen LogP contribution < -0.4 is 4.90 Å². The highest BCUT2D eigenvalue weighted by molar-refractivity contribution is 5.97. The normalized spacial score (nSPS) is 19.2. The summed E-state index contributed by atoms with van der Waals surface area (Å²) in [5.74, 6) is -0.263. The molecular weight excluding hydrogens is 216 g/mol. The van der Waals surface area contributed by atoms with E-state index in [9.17, 15) is 9.59 Å². The van der Waals surface area contributed by atoms with Crippen LogP contribution in [0.25, 0.3) is 0 Å². The van der Waals surface area contributed by atoms with Crippen LogP contribution in [0, 0.1) is 17.2 Å². The van der Waals surface area contributed by atoms with Gasteiger partial charge in [0.05, 0.1) is 12.0 Å². The van der Waals surface area contributed by atoms with E-state index >= 15 is 0 Å². The first-order valence-electron chi connectivity index (χ1n) is 5.43. The number of amides is 1. The number of rotatable bonds is 2. The van der Waals surface area contributed by atoms with Crippen LogP contribution in [0.15, 0.2) is 24.3 Å². The van der Waals surface area contributed by atoms with Gasteiger partial charge in [0.2, 0.25) is 5.91 Å². The van der Waals surface area contributed by atoms with Gasteiger partial charge in [-0.1, -0.05) is 0 Å². The van der Waals surface area contributed by atoms with E-state index in [1.165, 1.54) is 6.92 Å². The number of benzene rings is 1. The predicted octanol–water partition coefficient (Wildman–Crippen LogP) is 1.77. The molecule has 1 aromatic carbocycles. The molecule has 4 heteroatoms. The lowest BCUT2D eigenvalue weighted by molar-refractivity contribution is -0.117. The zero-order valence-electron chi connectivity index (χ0n) is 9.51. The molecule has 0 spiro atoms. The fraction of sp³-hybridized carbons (Fsp3) is 0.308. The summed E-state index contributed by atoms with van der Waals surface area (Å²) in [6.07, 6.45) is 0.283. The van der Waals surface area contributed by atoms with Gasteiger partial charge in [0, 0.05) is 24.2 Å². The number of Topliss-reactive ketones (excluding diaryl/α,β-unsaturated/α-hetero) is 1. The Morgan fingerprint density at radius 2 is 2.06 bits per heavy atom. The van der Waals surface area contributed by atoms with Crippen LogP contribution in [0.5, 0.6) is 0 Å².